The molecule has 3 unspecified atom stereocenters. The fourth-order valence-electron chi connectivity index (χ4n) is 4.87. The third kappa shape index (κ3) is 8.41. The Labute approximate surface area is 261 Å². The Bertz CT molecular complexity index is 1270. The summed E-state index contributed by atoms with van der Waals surface area (Å²) in [6.45, 7) is 2.32. The Morgan fingerprint density at radius 1 is 1.13 bits per heavy atom. The van der Waals surface area contributed by atoms with Crippen LogP contribution in [0, 0.1) is 6.92 Å². The van der Waals surface area contributed by atoms with Crippen LogP contribution in [0.3, 0.4) is 0 Å². The summed E-state index contributed by atoms with van der Waals surface area (Å²) in [5.41, 5.74) is 3.08. The molecule has 0 aromatic heterocycles. The van der Waals surface area contributed by atoms with Gasteiger partial charge in [0, 0.05) is 34.5 Å². The number of aliphatic carboxylic acids is 1. The van der Waals surface area contributed by atoms with Gasteiger partial charge in [0.2, 0.25) is 6.41 Å². The van der Waals surface area contributed by atoms with Gasteiger partial charge in [-0.3, -0.25) is 4.79 Å². The van der Waals surface area contributed by atoms with E-state index < -0.39 is 11.9 Å². The van der Waals surface area contributed by atoms with Crippen molar-refractivity contribution in [2.75, 3.05) is 12.9 Å². The van der Waals surface area contributed by atoms with Crippen molar-refractivity contribution in [3.8, 4) is 17.2 Å². The fourth-order valence-corrected chi connectivity index (χ4v) is 5.55. The van der Waals surface area contributed by atoms with Gasteiger partial charge in [-0.25, -0.2) is 0 Å². The molecule has 39 heavy (non-hydrogen) atoms. The summed E-state index contributed by atoms with van der Waals surface area (Å²) in [5.74, 6) is 0.363. The van der Waals surface area contributed by atoms with Crippen molar-refractivity contribution < 1.29 is 53.7 Å². The molecule has 0 radical (unpaired) electrons. The molecule has 1 fully saturated rings. The first-order valence-electron chi connectivity index (χ1n) is 12.6. The molecule has 0 bridgehead atoms. The number of halogens is 1. The zero-order valence-corrected chi connectivity index (χ0v) is 26.0. The number of rotatable bonds is 7. The van der Waals surface area contributed by atoms with Gasteiger partial charge in [0.1, 0.15) is 17.2 Å². The average Bonchev–Trinajstić information content (AvgIpc) is 3.39. The number of ether oxygens (including phenoxy) is 2. The first-order chi connectivity index (χ1) is 18.4. The van der Waals surface area contributed by atoms with Crippen LogP contribution in [0.15, 0.2) is 65.6 Å². The number of hydrogen-bond acceptors (Lipinski definition) is 6. The van der Waals surface area contributed by atoms with Crippen LogP contribution in [0.4, 0.5) is 0 Å². The second kappa shape index (κ2) is 15.0. The molecule has 5 rings (SSSR count). The Hall–Kier alpha value is -2.16. The van der Waals surface area contributed by atoms with Crippen LogP contribution < -0.4 is 49.5 Å². The van der Waals surface area contributed by atoms with Crippen molar-refractivity contribution in [1.82, 2.24) is 5.32 Å². The van der Waals surface area contributed by atoms with Gasteiger partial charge in [-0.15, -0.1) is 11.8 Å². The van der Waals surface area contributed by atoms with Crippen molar-refractivity contribution in [2.24, 2.45) is 0 Å². The van der Waals surface area contributed by atoms with Gasteiger partial charge in [-0.05, 0) is 80.7 Å². The number of carboxylic acids is 1. The van der Waals surface area contributed by atoms with Crippen molar-refractivity contribution in [3.05, 3.63) is 82.4 Å². The van der Waals surface area contributed by atoms with E-state index in [1.165, 1.54) is 16.9 Å². The first-order valence-corrected chi connectivity index (χ1v) is 14.2. The monoisotopic (exact) mass is 575 g/mol. The summed E-state index contributed by atoms with van der Waals surface area (Å²) in [6, 6.07) is 19.9. The molecule has 1 amide bonds. The summed E-state index contributed by atoms with van der Waals surface area (Å²) >= 11 is 8.00. The number of hydrogen-bond donors (Lipinski definition) is 1. The number of carboxylic acid groups (broad SMARTS) is 1. The summed E-state index contributed by atoms with van der Waals surface area (Å²) in [4.78, 5) is 22.9. The Morgan fingerprint density at radius 2 is 1.90 bits per heavy atom. The first kappa shape index (κ1) is 31.4. The topological polar surface area (TPSA) is 87.7 Å². The van der Waals surface area contributed by atoms with Gasteiger partial charge in [-0.2, -0.15) is 0 Å². The molecule has 3 aromatic carbocycles. The number of benzene rings is 3. The molecule has 3 aromatic rings. The van der Waals surface area contributed by atoms with Gasteiger partial charge in [0.25, 0.3) is 0 Å². The summed E-state index contributed by atoms with van der Waals surface area (Å²) in [6.07, 6.45) is 6.67. The molecule has 6 nitrogen and oxygen atoms in total. The maximum atomic E-state index is 11.2. The molecule has 1 aliphatic heterocycles. The van der Waals surface area contributed by atoms with Crippen LogP contribution in [0.25, 0.3) is 0 Å². The average molecular weight is 576 g/mol. The van der Waals surface area contributed by atoms with Crippen LogP contribution in [-0.2, 0) is 9.59 Å². The van der Waals surface area contributed by atoms with Crippen LogP contribution in [0.2, 0.25) is 5.02 Å². The number of amides is 1. The van der Waals surface area contributed by atoms with E-state index in [0.717, 1.165) is 24.8 Å². The Balaban J connectivity index is 0.000000220. The number of aryl methyl sites for hydroxylation is 1. The predicted octanol–water partition coefficient (Wildman–Crippen LogP) is 2.85. The third-order valence-corrected chi connectivity index (χ3v) is 7.96. The standard InChI is InChI=1S/C17H15ClO4.C13H17NOS.Na/c1-10-2-4-11(5-3-10)22-16-9-15-13(8-14(16)18)12(17(19)20)6-7-21-15;1-16-13-4-2-3-10(8-13)11-5-6-12(7-11)14-9-15;/h2-5,8-9,12H,6-7H2,1H3,(H,19,20);2-4,8-9,11-12H,5-7H2,1H3,(H,14,15);/q;;+1/p-1. The summed E-state index contributed by atoms with van der Waals surface area (Å²) < 4.78 is 11.3. The number of thioether (sulfide) groups is 1. The van der Waals surface area contributed by atoms with E-state index in [2.05, 4.69) is 35.8 Å². The second-order valence-corrected chi connectivity index (χ2v) is 10.8. The van der Waals surface area contributed by atoms with E-state index in [1.54, 1.807) is 23.9 Å². The molecule has 1 heterocycles. The number of carbonyl (C=O) groups excluding carboxylic acids is 2. The maximum absolute atomic E-state index is 11.2. The number of carbonyl (C=O) groups is 2. The normalized spacial score (nSPS) is 19.3. The molecule has 2 aliphatic rings. The van der Waals surface area contributed by atoms with E-state index >= 15 is 0 Å². The summed E-state index contributed by atoms with van der Waals surface area (Å²) in [7, 11) is 0. The van der Waals surface area contributed by atoms with Gasteiger partial charge in [-0.1, -0.05) is 41.4 Å². The molecular formula is C30H31ClNNaO5S. The molecule has 0 saturated heterocycles. The van der Waals surface area contributed by atoms with Crippen molar-refractivity contribution in [3.63, 3.8) is 0 Å². The Kier molecular flexibility index (Phi) is 12.1. The minimum absolute atomic E-state index is 0. The van der Waals surface area contributed by atoms with Crippen molar-refractivity contribution in [1.29, 1.82) is 0 Å². The van der Waals surface area contributed by atoms with Gasteiger partial charge in [0.15, 0.2) is 0 Å². The zero-order chi connectivity index (χ0) is 27.1. The van der Waals surface area contributed by atoms with Gasteiger partial charge in [0.05, 0.1) is 11.6 Å². The van der Waals surface area contributed by atoms with Crippen LogP contribution in [0.5, 0.6) is 17.2 Å². The maximum Gasteiger partial charge on any atom is 1.00 e. The minimum Gasteiger partial charge on any atom is -0.549 e. The molecule has 200 valence electrons. The van der Waals surface area contributed by atoms with Crippen molar-refractivity contribution in [2.45, 2.75) is 55.4 Å². The SMILES string of the molecule is CSc1cccc(C2CCC(NC=O)C2)c1.Cc1ccc(Oc2cc3c(cc2Cl)C(C(=O)[O-])CCO3)cc1.[Na+]. The zero-order valence-electron chi connectivity index (χ0n) is 22.4. The third-order valence-electron chi connectivity index (χ3n) is 6.94. The summed E-state index contributed by atoms with van der Waals surface area (Å²) in [5, 5.41) is 14.4. The molecular weight excluding hydrogens is 545 g/mol. The smallest absolute Gasteiger partial charge is 0.549 e. The van der Waals surface area contributed by atoms with Crippen LogP contribution in [-0.4, -0.2) is 31.3 Å². The van der Waals surface area contributed by atoms with Crippen LogP contribution in [0.1, 0.15) is 54.2 Å². The van der Waals surface area contributed by atoms with Crippen molar-refractivity contribution >= 4 is 35.7 Å². The van der Waals surface area contributed by atoms with E-state index in [4.69, 9.17) is 21.1 Å². The molecule has 1 N–H and O–H groups in total. The fraction of sp³-hybridized carbons (Fsp3) is 0.333. The second-order valence-electron chi connectivity index (χ2n) is 9.51. The minimum atomic E-state index is -1.12. The van der Waals surface area contributed by atoms with E-state index in [9.17, 15) is 14.7 Å². The number of nitrogens with one attached hydrogen (secondary N) is 1. The predicted molar refractivity (Wildman–Crippen MR) is 148 cm³/mol. The molecule has 3 atom stereocenters. The number of fused-ring (bicyclic) bond motifs is 1. The Morgan fingerprint density at radius 3 is 2.59 bits per heavy atom. The van der Waals surface area contributed by atoms with E-state index in [1.807, 2.05) is 31.2 Å². The van der Waals surface area contributed by atoms with Gasteiger partial charge < -0.3 is 24.7 Å². The largest absolute Gasteiger partial charge is 1.00 e. The van der Waals surface area contributed by atoms with E-state index in [-0.39, 0.29) is 29.6 Å². The molecule has 9 heteroatoms. The molecule has 1 saturated carbocycles. The molecule has 0 spiro atoms. The van der Waals surface area contributed by atoms with Crippen LogP contribution >= 0.6 is 23.4 Å². The quantitative estimate of drug-likeness (QED) is 0.265. The molecule has 1 aliphatic carbocycles. The van der Waals surface area contributed by atoms with Gasteiger partial charge >= 0.3 is 29.6 Å². The van der Waals surface area contributed by atoms with E-state index in [0.29, 0.717) is 52.8 Å².